The molecule has 1 atom stereocenters. The van der Waals surface area contributed by atoms with Gasteiger partial charge in [-0.2, -0.15) is 0 Å². The van der Waals surface area contributed by atoms with E-state index in [9.17, 15) is 32.8 Å². The zero-order chi connectivity index (χ0) is 53.6. The molecule has 5 heterocycles. The average Bonchev–Trinajstić information content (AvgIpc) is 3.90. The van der Waals surface area contributed by atoms with Crippen LogP contribution in [-0.2, 0) is 21.3 Å². The van der Waals surface area contributed by atoms with Crippen LogP contribution in [0.3, 0.4) is 0 Å². The third kappa shape index (κ3) is 11.3. The summed E-state index contributed by atoms with van der Waals surface area (Å²) in [5.41, 5.74) is 5.57. The average molecular weight is 1070 g/mol. The molecule has 2 aliphatic carbocycles. The number of carbonyl (C=O) groups excluding carboxylic acids is 1. The molecule has 2 saturated carbocycles. The molecule has 11 rings (SSSR count). The third-order valence-corrected chi connectivity index (χ3v) is 18.5. The number of hydrogen-bond acceptors (Lipinski definition) is 13. The lowest BCUT2D eigenvalue weighted by molar-refractivity contribution is -0.384. The number of aromatic amines is 1. The monoisotopic (exact) mass is 1070 g/mol. The van der Waals surface area contributed by atoms with E-state index in [2.05, 4.69) is 97.1 Å². The summed E-state index contributed by atoms with van der Waals surface area (Å²) in [6, 6.07) is 28.8. The summed E-state index contributed by atoms with van der Waals surface area (Å²) in [6.45, 7) is 13.8. The molecule has 16 nitrogen and oxygen atoms in total. The first-order valence-corrected chi connectivity index (χ1v) is 28.7. The number of aromatic nitrogens is 2. The number of H-pyrrole nitrogens is 1. The van der Waals surface area contributed by atoms with Crippen LogP contribution in [0.5, 0.6) is 11.5 Å². The molecule has 5 fully saturated rings. The first-order chi connectivity index (χ1) is 37.0. The van der Waals surface area contributed by atoms with Gasteiger partial charge in [0.1, 0.15) is 28.7 Å². The molecule has 0 unspecified atom stereocenters. The van der Waals surface area contributed by atoms with E-state index in [1.165, 1.54) is 58.9 Å². The van der Waals surface area contributed by atoms with Gasteiger partial charge in [0.05, 0.1) is 32.6 Å². The molecule has 1 spiro atoms. The molecule has 4 N–H and O–H groups in total. The number of pyridine rings is 1. The SMILES string of the molecule is CC(C)c1ccccc1[C@@H]1CN(Cc2ccc(C3CCOCC3)cc2)CCN1C1CC2(C1)CN(c1ccc(C(=O)NS(=O)(=O)c3ccc(NC[C@H]4CC[C@](C)(O)CC4)c([N+](=O)[O-])c3)c(Oc3cnc4[nH]cc(F)c4c3)c1)C2. The minimum atomic E-state index is -4.64. The number of nitrogens with one attached hydrogen (secondary N) is 3. The van der Waals surface area contributed by atoms with Gasteiger partial charge < -0.3 is 29.8 Å². The van der Waals surface area contributed by atoms with Gasteiger partial charge in [-0.15, -0.1) is 0 Å². The number of nitrogens with zero attached hydrogens (tertiary/aromatic N) is 5. The van der Waals surface area contributed by atoms with Crippen molar-refractivity contribution in [3.05, 3.63) is 147 Å². The Kier molecular flexibility index (Phi) is 14.6. The second kappa shape index (κ2) is 21.4. The van der Waals surface area contributed by atoms with Crippen molar-refractivity contribution in [2.24, 2.45) is 11.3 Å². The molecule has 18 heteroatoms. The number of anilines is 2. The Labute approximate surface area is 449 Å². The zero-order valence-corrected chi connectivity index (χ0v) is 44.9. The first kappa shape index (κ1) is 52.6. The predicted molar refractivity (Wildman–Crippen MR) is 294 cm³/mol. The van der Waals surface area contributed by atoms with E-state index < -0.39 is 42.9 Å². The number of piperazine rings is 1. The number of carbonyl (C=O) groups is 1. The Hall–Kier alpha value is -6.44. The quantitative estimate of drug-likeness (QED) is 0.0529. The Morgan fingerprint density at radius 1 is 0.987 bits per heavy atom. The minimum Gasteiger partial charge on any atom is -0.455 e. The van der Waals surface area contributed by atoms with Crippen LogP contribution in [0.1, 0.15) is 123 Å². The molecule has 1 amide bonds. The van der Waals surface area contributed by atoms with Crippen molar-refractivity contribution in [2.45, 2.75) is 113 Å². The summed E-state index contributed by atoms with van der Waals surface area (Å²) in [5.74, 6) is -0.270. The highest BCUT2D eigenvalue weighted by Crippen LogP contribution is 2.54. The number of hydrogen-bond donors (Lipinski definition) is 4. The number of sulfonamides is 1. The summed E-state index contributed by atoms with van der Waals surface area (Å²) in [6.07, 6.45) is 9.56. The van der Waals surface area contributed by atoms with E-state index in [0.29, 0.717) is 42.9 Å². The van der Waals surface area contributed by atoms with Crippen LogP contribution in [0.2, 0.25) is 0 Å². The van der Waals surface area contributed by atoms with Crippen LogP contribution >= 0.6 is 0 Å². The molecule has 406 valence electrons. The molecular formula is C59H69FN8O8S. The molecular weight excluding hydrogens is 1000 g/mol. The maximum atomic E-state index is 14.7. The number of nitro benzene ring substituents is 1. The van der Waals surface area contributed by atoms with Crippen LogP contribution in [0.25, 0.3) is 11.0 Å². The highest BCUT2D eigenvalue weighted by atomic mass is 32.2. The van der Waals surface area contributed by atoms with Crippen LogP contribution in [0, 0.1) is 27.3 Å². The van der Waals surface area contributed by atoms with Gasteiger partial charge in [-0.1, -0.05) is 62.4 Å². The third-order valence-electron chi connectivity index (χ3n) is 17.1. The fraction of sp³-hybridized carbons (Fsp3) is 0.458. The first-order valence-electron chi connectivity index (χ1n) is 27.2. The van der Waals surface area contributed by atoms with Crippen molar-refractivity contribution in [1.82, 2.24) is 24.5 Å². The van der Waals surface area contributed by atoms with Gasteiger partial charge in [0, 0.05) is 101 Å². The Morgan fingerprint density at radius 3 is 2.48 bits per heavy atom. The maximum absolute atomic E-state index is 14.7. The summed E-state index contributed by atoms with van der Waals surface area (Å²) >= 11 is 0. The van der Waals surface area contributed by atoms with Gasteiger partial charge in [-0.05, 0) is 129 Å². The second-order valence-corrected chi connectivity index (χ2v) is 24.7. The van der Waals surface area contributed by atoms with Crippen molar-refractivity contribution in [1.29, 1.82) is 0 Å². The van der Waals surface area contributed by atoms with E-state index in [1.807, 2.05) is 0 Å². The molecule has 5 aliphatic rings. The number of fused-ring (bicyclic) bond motifs is 1. The van der Waals surface area contributed by atoms with Crippen molar-refractivity contribution in [3.63, 3.8) is 0 Å². The molecule has 77 heavy (non-hydrogen) atoms. The number of rotatable bonds is 16. The lowest BCUT2D eigenvalue weighted by atomic mass is 9.59. The lowest BCUT2D eigenvalue weighted by Gasteiger charge is -2.63. The van der Waals surface area contributed by atoms with E-state index >= 15 is 0 Å². The summed E-state index contributed by atoms with van der Waals surface area (Å²) < 4.78 is 56.5. The van der Waals surface area contributed by atoms with Gasteiger partial charge in [0.15, 0.2) is 0 Å². The second-order valence-electron chi connectivity index (χ2n) is 23.0. The highest BCUT2D eigenvalue weighted by Gasteiger charge is 2.55. The predicted octanol–water partition coefficient (Wildman–Crippen LogP) is 10.4. The number of aliphatic hydroxyl groups is 1. The number of ether oxygens (including phenoxy) is 2. The molecule has 2 aromatic heterocycles. The fourth-order valence-corrected chi connectivity index (χ4v) is 13.7. The maximum Gasteiger partial charge on any atom is 0.293 e. The normalized spacial score (nSPS) is 22.4. The fourth-order valence-electron chi connectivity index (χ4n) is 12.7. The Bertz CT molecular complexity index is 3250. The standard InChI is InChI=1S/C59H69FN8O8S/c1-38(2)47-6-4-5-7-48(47)54-35-65(34-40-8-10-41(11-9-40)42-18-24-75-25-19-42)22-23-67(54)44-29-59(30-44)36-66(37-59)43-12-14-49(55(26-43)76-45-27-50-51(60)33-63-56(50)62-32-45)57(69)64-77(73,74)46-13-15-52(53(28-46)68(71)72)61-31-39-16-20-58(3,70)21-17-39/h4-15,26-28,32-33,38-39,42,44,54,61,70H,16-25,29-31,34-37H2,1-3H3,(H,62,63)(H,64,69)/t39-,54-,58-/m0/s1. The van der Waals surface area contributed by atoms with Gasteiger partial charge in [-0.3, -0.25) is 24.7 Å². The molecule has 4 aromatic carbocycles. The van der Waals surface area contributed by atoms with Crippen molar-refractivity contribution in [2.75, 3.05) is 62.7 Å². The van der Waals surface area contributed by atoms with Crippen LogP contribution in [0.4, 0.5) is 21.5 Å². The number of nitro groups is 1. The topological polar surface area (TPSA) is 195 Å². The number of halogens is 1. The smallest absolute Gasteiger partial charge is 0.293 e. The summed E-state index contributed by atoms with van der Waals surface area (Å²) in [5, 5.41) is 25.9. The van der Waals surface area contributed by atoms with Gasteiger partial charge in [0.25, 0.3) is 21.6 Å². The molecule has 6 aromatic rings. The molecule has 3 aliphatic heterocycles. The molecule has 3 saturated heterocycles. The zero-order valence-electron chi connectivity index (χ0n) is 44.0. The van der Waals surface area contributed by atoms with Crippen molar-refractivity contribution in [3.8, 4) is 11.5 Å². The molecule has 0 bridgehead atoms. The number of amides is 1. The Balaban J connectivity index is 0.783. The van der Waals surface area contributed by atoms with E-state index in [1.54, 1.807) is 19.1 Å². The van der Waals surface area contributed by atoms with Crippen LogP contribution in [0.15, 0.2) is 108 Å². The van der Waals surface area contributed by atoms with E-state index in [-0.39, 0.29) is 45.5 Å². The van der Waals surface area contributed by atoms with Crippen molar-refractivity contribution >= 4 is 44.0 Å². The van der Waals surface area contributed by atoms with E-state index in [0.717, 1.165) is 103 Å². The number of benzene rings is 4. The van der Waals surface area contributed by atoms with Crippen LogP contribution in [-0.4, -0.2) is 108 Å². The lowest BCUT2D eigenvalue weighted by Crippen LogP contribution is -2.68. The minimum absolute atomic E-state index is 0.0225. The summed E-state index contributed by atoms with van der Waals surface area (Å²) in [7, 11) is -4.64. The molecule has 0 radical (unpaired) electrons. The van der Waals surface area contributed by atoms with Crippen LogP contribution < -0.4 is 19.7 Å². The highest BCUT2D eigenvalue weighted by molar-refractivity contribution is 7.90. The van der Waals surface area contributed by atoms with Gasteiger partial charge in [0.2, 0.25) is 0 Å². The van der Waals surface area contributed by atoms with E-state index in [4.69, 9.17) is 9.47 Å². The van der Waals surface area contributed by atoms with Gasteiger partial charge >= 0.3 is 0 Å². The summed E-state index contributed by atoms with van der Waals surface area (Å²) in [4.78, 5) is 39.9. The van der Waals surface area contributed by atoms with Crippen molar-refractivity contribution < 1.29 is 37.1 Å². The largest absolute Gasteiger partial charge is 0.455 e. The van der Waals surface area contributed by atoms with Gasteiger partial charge in [-0.25, -0.2) is 22.5 Å². The Morgan fingerprint density at radius 2 is 1.74 bits per heavy atom.